The van der Waals surface area contributed by atoms with Crippen molar-refractivity contribution in [1.29, 1.82) is 0 Å². The second-order valence-corrected chi connectivity index (χ2v) is 7.27. The molecular weight excluding hydrogens is 352 g/mol. The van der Waals surface area contributed by atoms with Crippen LogP contribution >= 0.6 is 0 Å². The lowest BCUT2D eigenvalue weighted by atomic mass is 10.2. The number of hydrogen-bond donors (Lipinski definition) is 1. The monoisotopic (exact) mass is 372 g/mol. The minimum Gasteiger partial charge on any atom is -0.493 e. The minimum atomic E-state index is -3.82. The van der Waals surface area contributed by atoms with Gasteiger partial charge in [0.2, 0.25) is 27.6 Å². The van der Waals surface area contributed by atoms with Crippen LogP contribution in [0.1, 0.15) is 12.8 Å². The molecule has 1 heterocycles. The highest BCUT2D eigenvalue weighted by atomic mass is 32.2. The molecule has 1 N–H and O–H groups in total. The van der Waals surface area contributed by atoms with E-state index in [0.29, 0.717) is 27.2 Å². The summed E-state index contributed by atoms with van der Waals surface area (Å²) in [6.07, 6.45) is 1.03. The average Bonchev–Trinajstić information content (AvgIpc) is 2.95. The number of methoxy groups -OCH3 is 3. The highest BCUT2D eigenvalue weighted by Gasteiger charge is 2.41. The van der Waals surface area contributed by atoms with Gasteiger partial charge in [0, 0.05) is 24.2 Å². The highest BCUT2D eigenvalue weighted by molar-refractivity contribution is 7.89. The molecule has 1 aromatic rings. The number of anilines is 1. The molecule has 1 unspecified atom stereocenters. The van der Waals surface area contributed by atoms with Crippen LogP contribution in [0.25, 0.3) is 0 Å². The van der Waals surface area contributed by atoms with Crippen molar-refractivity contribution in [2.75, 3.05) is 32.9 Å². The molecule has 1 fully saturated rings. The molecule has 0 bridgehead atoms. The molecule has 138 valence electrons. The van der Waals surface area contributed by atoms with Crippen molar-refractivity contribution in [2.24, 2.45) is 0 Å². The van der Waals surface area contributed by atoms with Gasteiger partial charge in [0.1, 0.15) is 6.04 Å². The predicted molar refractivity (Wildman–Crippen MR) is 89.4 cm³/mol. The SMILES string of the molecule is COc1cc(NC(=O)C2CCC(=O)N2S(C)(=O)=O)cc(OC)c1OC. The Hall–Kier alpha value is -2.49. The molecule has 1 aliphatic heterocycles. The number of hydrogen-bond acceptors (Lipinski definition) is 7. The van der Waals surface area contributed by atoms with Crippen molar-refractivity contribution in [1.82, 2.24) is 4.31 Å². The highest BCUT2D eigenvalue weighted by Crippen LogP contribution is 2.40. The van der Waals surface area contributed by atoms with E-state index < -0.39 is 27.9 Å². The van der Waals surface area contributed by atoms with Gasteiger partial charge in [-0.3, -0.25) is 9.59 Å². The van der Waals surface area contributed by atoms with Gasteiger partial charge in [0.05, 0.1) is 27.6 Å². The predicted octanol–water partition coefficient (Wildman–Crippen LogP) is 0.602. The molecule has 2 rings (SSSR count). The van der Waals surface area contributed by atoms with Crippen LogP contribution in [0, 0.1) is 0 Å². The van der Waals surface area contributed by atoms with Gasteiger partial charge in [0.25, 0.3) is 0 Å². The van der Waals surface area contributed by atoms with E-state index in [1.54, 1.807) is 0 Å². The van der Waals surface area contributed by atoms with E-state index in [4.69, 9.17) is 14.2 Å². The Bertz CT molecular complexity index is 766. The number of nitrogens with zero attached hydrogens (tertiary/aromatic N) is 1. The average molecular weight is 372 g/mol. The number of carbonyl (C=O) groups excluding carboxylic acids is 2. The molecule has 1 atom stereocenters. The van der Waals surface area contributed by atoms with Crippen molar-refractivity contribution >= 4 is 27.5 Å². The maximum atomic E-state index is 12.5. The Balaban J connectivity index is 2.30. The fourth-order valence-electron chi connectivity index (χ4n) is 2.69. The summed E-state index contributed by atoms with van der Waals surface area (Å²) >= 11 is 0. The first kappa shape index (κ1) is 18.8. The molecule has 0 radical (unpaired) electrons. The fraction of sp³-hybridized carbons (Fsp3) is 0.467. The first-order valence-corrected chi connectivity index (χ1v) is 9.20. The Morgan fingerprint density at radius 2 is 1.72 bits per heavy atom. The first-order valence-electron chi connectivity index (χ1n) is 7.36. The molecule has 0 spiro atoms. The molecule has 1 aliphatic rings. The zero-order valence-electron chi connectivity index (χ0n) is 14.4. The lowest BCUT2D eigenvalue weighted by molar-refractivity contribution is -0.128. The molecule has 9 nitrogen and oxygen atoms in total. The maximum absolute atomic E-state index is 12.5. The van der Waals surface area contributed by atoms with Crippen LogP contribution in [0.4, 0.5) is 5.69 Å². The number of sulfonamides is 1. The lowest BCUT2D eigenvalue weighted by Crippen LogP contribution is -2.44. The topological polar surface area (TPSA) is 111 Å². The summed E-state index contributed by atoms with van der Waals surface area (Å²) in [6, 6.07) is 1.95. The second-order valence-electron chi connectivity index (χ2n) is 5.41. The molecular formula is C15H20N2O7S. The third-order valence-electron chi connectivity index (χ3n) is 3.75. The second kappa shape index (κ2) is 7.18. The van der Waals surface area contributed by atoms with Crippen LogP contribution in [0.2, 0.25) is 0 Å². The summed E-state index contributed by atoms with van der Waals surface area (Å²) < 4.78 is 39.8. The van der Waals surface area contributed by atoms with Crippen molar-refractivity contribution < 1.29 is 32.2 Å². The summed E-state index contributed by atoms with van der Waals surface area (Å²) in [5, 5.41) is 2.59. The van der Waals surface area contributed by atoms with E-state index in [1.807, 2.05) is 0 Å². The lowest BCUT2D eigenvalue weighted by Gasteiger charge is -2.22. The Morgan fingerprint density at radius 1 is 1.16 bits per heavy atom. The van der Waals surface area contributed by atoms with E-state index in [2.05, 4.69) is 5.32 Å². The van der Waals surface area contributed by atoms with Gasteiger partial charge in [-0.25, -0.2) is 12.7 Å². The van der Waals surface area contributed by atoms with Crippen molar-refractivity contribution in [2.45, 2.75) is 18.9 Å². The van der Waals surface area contributed by atoms with Crippen LogP contribution in [0.3, 0.4) is 0 Å². The van der Waals surface area contributed by atoms with Gasteiger partial charge in [-0.2, -0.15) is 0 Å². The number of amides is 2. The fourth-order valence-corrected chi connectivity index (χ4v) is 3.82. The molecule has 0 aromatic heterocycles. The summed E-state index contributed by atoms with van der Waals surface area (Å²) in [6.45, 7) is 0. The van der Waals surface area contributed by atoms with E-state index in [0.717, 1.165) is 6.26 Å². The maximum Gasteiger partial charge on any atom is 0.248 e. The Kier molecular flexibility index (Phi) is 5.41. The van der Waals surface area contributed by atoms with E-state index in [9.17, 15) is 18.0 Å². The zero-order chi connectivity index (χ0) is 18.8. The third kappa shape index (κ3) is 3.78. The molecule has 10 heteroatoms. The number of benzene rings is 1. The van der Waals surface area contributed by atoms with Crippen LogP contribution in [-0.2, 0) is 19.6 Å². The van der Waals surface area contributed by atoms with E-state index in [1.165, 1.54) is 33.5 Å². The third-order valence-corrected chi connectivity index (χ3v) is 4.93. The first-order chi connectivity index (χ1) is 11.7. The van der Waals surface area contributed by atoms with Crippen LogP contribution in [0.15, 0.2) is 12.1 Å². The smallest absolute Gasteiger partial charge is 0.248 e. The van der Waals surface area contributed by atoms with Gasteiger partial charge in [-0.1, -0.05) is 0 Å². The molecule has 0 saturated carbocycles. The number of carbonyl (C=O) groups is 2. The molecule has 1 aromatic carbocycles. The van der Waals surface area contributed by atoms with Crippen molar-refractivity contribution in [3.63, 3.8) is 0 Å². The van der Waals surface area contributed by atoms with Gasteiger partial charge in [-0.05, 0) is 6.42 Å². The largest absolute Gasteiger partial charge is 0.493 e. The van der Waals surface area contributed by atoms with E-state index >= 15 is 0 Å². The minimum absolute atomic E-state index is 0.000408. The Labute approximate surface area is 145 Å². The van der Waals surface area contributed by atoms with Crippen LogP contribution in [-0.4, -0.2) is 58.2 Å². The molecule has 1 saturated heterocycles. The summed E-state index contributed by atoms with van der Waals surface area (Å²) in [5.74, 6) is -0.172. The van der Waals surface area contributed by atoms with Gasteiger partial charge >= 0.3 is 0 Å². The molecule has 25 heavy (non-hydrogen) atoms. The molecule has 2 amide bonds. The summed E-state index contributed by atoms with van der Waals surface area (Å²) in [7, 11) is 0.499. The van der Waals surface area contributed by atoms with Crippen molar-refractivity contribution in [3.8, 4) is 17.2 Å². The Morgan fingerprint density at radius 3 is 2.16 bits per heavy atom. The van der Waals surface area contributed by atoms with Crippen molar-refractivity contribution in [3.05, 3.63) is 12.1 Å². The summed E-state index contributed by atoms with van der Waals surface area (Å²) in [5.41, 5.74) is 0.326. The normalized spacial score (nSPS) is 17.4. The molecule has 0 aliphatic carbocycles. The number of rotatable bonds is 6. The number of nitrogens with one attached hydrogen (secondary N) is 1. The van der Waals surface area contributed by atoms with Crippen LogP contribution < -0.4 is 19.5 Å². The van der Waals surface area contributed by atoms with Crippen LogP contribution in [0.5, 0.6) is 17.2 Å². The van der Waals surface area contributed by atoms with Gasteiger partial charge in [0.15, 0.2) is 11.5 Å². The zero-order valence-corrected chi connectivity index (χ0v) is 15.2. The van der Waals surface area contributed by atoms with Gasteiger partial charge < -0.3 is 19.5 Å². The van der Waals surface area contributed by atoms with Gasteiger partial charge in [-0.15, -0.1) is 0 Å². The summed E-state index contributed by atoms with van der Waals surface area (Å²) in [4.78, 5) is 24.3. The van der Waals surface area contributed by atoms with E-state index in [-0.39, 0.29) is 12.8 Å². The number of ether oxygens (including phenoxy) is 3. The quantitative estimate of drug-likeness (QED) is 0.778. The standard InChI is InChI=1S/C15H20N2O7S/c1-22-11-7-9(8-12(23-2)14(11)24-3)16-15(19)10-5-6-13(18)17(10)25(4,20)21/h7-8,10H,5-6H2,1-4H3,(H,16,19).